The third-order valence-electron chi connectivity index (χ3n) is 6.16. The number of primary sulfonamides is 1. The Morgan fingerprint density at radius 2 is 1.84 bits per heavy atom. The topological polar surface area (TPSA) is 113 Å². The Balaban J connectivity index is 1.99. The number of carbonyl (C=O) groups is 1. The van der Waals surface area contributed by atoms with Gasteiger partial charge in [0, 0.05) is 21.8 Å². The first kappa shape index (κ1) is 21.9. The number of hydrogen-bond acceptors (Lipinski definition) is 3. The number of alkyl halides is 1. The summed E-state index contributed by atoms with van der Waals surface area (Å²) in [6.07, 6.45) is 2.97. The van der Waals surface area contributed by atoms with Gasteiger partial charge in [-0.15, -0.1) is 11.6 Å². The predicted molar refractivity (Wildman–Crippen MR) is 122 cm³/mol. The number of aliphatic carboxylic acids is 1. The van der Waals surface area contributed by atoms with Crippen molar-refractivity contribution >= 4 is 38.5 Å². The maximum Gasteiger partial charge on any atom is 0.307 e. The number of sulfonamides is 1. The van der Waals surface area contributed by atoms with E-state index in [-0.39, 0.29) is 22.6 Å². The van der Waals surface area contributed by atoms with Gasteiger partial charge in [-0.25, -0.2) is 13.6 Å². The molecule has 0 aliphatic heterocycles. The van der Waals surface area contributed by atoms with Crippen molar-refractivity contribution in [2.24, 2.45) is 5.14 Å². The van der Waals surface area contributed by atoms with Gasteiger partial charge in [-0.1, -0.05) is 30.3 Å². The Kier molecular flexibility index (Phi) is 5.85. The zero-order valence-corrected chi connectivity index (χ0v) is 18.8. The summed E-state index contributed by atoms with van der Waals surface area (Å²) in [5.74, 6) is -0.948. The fourth-order valence-electron chi connectivity index (χ4n) is 4.82. The van der Waals surface area contributed by atoms with E-state index in [0.717, 1.165) is 42.1 Å². The summed E-state index contributed by atoms with van der Waals surface area (Å²) in [7, 11) is -4.07. The summed E-state index contributed by atoms with van der Waals surface area (Å²) in [4.78, 5) is 15.0. The molecule has 4 N–H and O–H groups in total. The molecule has 1 fully saturated rings. The van der Waals surface area contributed by atoms with Gasteiger partial charge in [0.15, 0.2) is 0 Å². The quantitative estimate of drug-likeness (QED) is 0.479. The van der Waals surface area contributed by atoms with Gasteiger partial charge in [0.25, 0.3) is 0 Å². The molecule has 0 amide bonds. The van der Waals surface area contributed by atoms with Gasteiger partial charge < -0.3 is 10.1 Å². The lowest BCUT2D eigenvalue weighted by Crippen LogP contribution is -2.20. The monoisotopic (exact) mass is 460 g/mol. The molecule has 1 aliphatic carbocycles. The predicted octanol–water partition coefficient (Wildman–Crippen LogP) is 4.68. The lowest BCUT2D eigenvalue weighted by atomic mass is 9.83. The molecule has 4 rings (SSSR count). The van der Waals surface area contributed by atoms with E-state index in [0.29, 0.717) is 22.4 Å². The smallest absolute Gasteiger partial charge is 0.307 e. The first-order chi connectivity index (χ1) is 14.7. The standard InChI is InChI=1S/C23H25ClN2O4S/c1-13-4-2-7-19-21(13)18(12-20(27)28)22(26-19)17-6-3-5-16(23(17)31(25,29)30)14-8-10-15(24)11-9-14/h2-7,14-15,26H,8-12H2,1H3,(H,27,28)(H2,25,29,30). The molecular weight excluding hydrogens is 436 g/mol. The highest BCUT2D eigenvalue weighted by molar-refractivity contribution is 7.89. The Morgan fingerprint density at radius 3 is 2.48 bits per heavy atom. The van der Waals surface area contributed by atoms with E-state index in [9.17, 15) is 18.3 Å². The molecule has 2 aromatic carbocycles. The van der Waals surface area contributed by atoms with Gasteiger partial charge in [0.05, 0.1) is 17.0 Å². The van der Waals surface area contributed by atoms with Crippen molar-refractivity contribution in [2.75, 3.05) is 0 Å². The second-order valence-electron chi connectivity index (χ2n) is 8.26. The molecule has 31 heavy (non-hydrogen) atoms. The number of carboxylic acid groups (broad SMARTS) is 1. The van der Waals surface area contributed by atoms with Crippen molar-refractivity contribution in [3.8, 4) is 11.3 Å². The molecule has 0 radical (unpaired) electrons. The van der Waals surface area contributed by atoms with Crippen LogP contribution in [0.25, 0.3) is 22.2 Å². The molecule has 1 heterocycles. The molecule has 0 atom stereocenters. The minimum Gasteiger partial charge on any atom is -0.481 e. The molecule has 3 aromatic rings. The van der Waals surface area contributed by atoms with Crippen LogP contribution in [0.3, 0.4) is 0 Å². The van der Waals surface area contributed by atoms with Crippen LogP contribution in [0.15, 0.2) is 41.3 Å². The molecule has 0 bridgehead atoms. The Labute approximate surface area is 186 Å². The molecule has 0 unspecified atom stereocenters. The highest BCUT2D eigenvalue weighted by atomic mass is 35.5. The Morgan fingerprint density at radius 1 is 1.16 bits per heavy atom. The normalized spacial score (nSPS) is 19.6. The van der Waals surface area contributed by atoms with Crippen molar-refractivity contribution in [1.29, 1.82) is 0 Å². The largest absolute Gasteiger partial charge is 0.481 e. The van der Waals surface area contributed by atoms with Crippen molar-refractivity contribution in [1.82, 2.24) is 4.98 Å². The fraction of sp³-hybridized carbons (Fsp3) is 0.348. The van der Waals surface area contributed by atoms with Crippen LogP contribution in [0.1, 0.15) is 48.3 Å². The highest BCUT2D eigenvalue weighted by Gasteiger charge is 2.30. The Bertz CT molecular complexity index is 1260. The molecule has 1 aromatic heterocycles. The van der Waals surface area contributed by atoms with Gasteiger partial charge in [0.2, 0.25) is 10.0 Å². The van der Waals surface area contributed by atoms with E-state index in [2.05, 4.69) is 4.98 Å². The molecule has 1 saturated carbocycles. The van der Waals surface area contributed by atoms with Crippen molar-refractivity contribution in [2.45, 2.75) is 55.2 Å². The summed E-state index contributed by atoms with van der Waals surface area (Å²) >= 11 is 6.25. The number of benzene rings is 2. The van der Waals surface area contributed by atoms with E-state index in [1.54, 1.807) is 6.07 Å². The van der Waals surface area contributed by atoms with Crippen molar-refractivity contribution in [3.05, 3.63) is 53.1 Å². The highest BCUT2D eigenvalue weighted by Crippen LogP contribution is 2.42. The third kappa shape index (κ3) is 4.22. The molecule has 8 heteroatoms. The number of nitrogens with one attached hydrogen (secondary N) is 1. The molecular formula is C23H25ClN2O4S. The minimum absolute atomic E-state index is 0.0392. The number of fused-ring (bicyclic) bond motifs is 1. The number of aromatic amines is 1. The number of rotatable bonds is 5. The summed E-state index contributed by atoms with van der Waals surface area (Å²) < 4.78 is 25.6. The van der Waals surface area contributed by atoms with E-state index in [1.165, 1.54) is 0 Å². The minimum atomic E-state index is -4.07. The van der Waals surface area contributed by atoms with E-state index in [1.807, 2.05) is 37.3 Å². The van der Waals surface area contributed by atoms with Crippen LogP contribution >= 0.6 is 11.6 Å². The van der Waals surface area contributed by atoms with Crippen molar-refractivity contribution < 1.29 is 18.3 Å². The number of hydrogen-bond donors (Lipinski definition) is 3. The van der Waals surface area contributed by atoms with Crippen LogP contribution in [0, 0.1) is 6.92 Å². The molecule has 0 saturated heterocycles. The maximum absolute atomic E-state index is 12.8. The third-order valence-corrected chi connectivity index (χ3v) is 7.62. The van der Waals surface area contributed by atoms with E-state index in [4.69, 9.17) is 16.7 Å². The number of H-pyrrole nitrogens is 1. The van der Waals surface area contributed by atoms with Crippen LogP contribution in [-0.4, -0.2) is 29.9 Å². The molecule has 0 spiro atoms. The van der Waals surface area contributed by atoms with Gasteiger partial charge >= 0.3 is 5.97 Å². The Hall–Kier alpha value is -2.35. The van der Waals surface area contributed by atoms with E-state index < -0.39 is 16.0 Å². The zero-order valence-electron chi connectivity index (χ0n) is 17.2. The van der Waals surface area contributed by atoms with Crippen LogP contribution in [0.5, 0.6) is 0 Å². The first-order valence-electron chi connectivity index (χ1n) is 10.3. The summed E-state index contributed by atoms with van der Waals surface area (Å²) in [5.41, 5.74) is 3.83. The summed E-state index contributed by atoms with van der Waals surface area (Å²) in [6.45, 7) is 1.91. The number of nitrogens with two attached hydrogens (primary N) is 1. The van der Waals surface area contributed by atoms with Gasteiger partial charge in [-0.2, -0.15) is 0 Å². The molecule has 164 valence electrons. The number of halogens is 1. The average Bonchev–Trinajstić information content (AvgIpc) is 3.06. The van der Waals surface area contributed by atoms with E-state index >= 15 is 0 Å². The zero-order chi connectivity index (χ0) is 22.3. The summed E-state index contributed by atoms with van der Waals surface area (Å²) in [6, 6.07) is 11.0. The van der Waals surface area contributed by atoms with Gasteiger partial charge in [-0.3, -0.25) is 4.79 Å². The lowest BCUT2D eigenvalue weighted by Gasteiger charge is -2.27. The lowest BCUT2D eigenvalue weighted by molar-refractivity contribution is -0.136. The average molecular weight is 461 g/mol. The van der Waals surface area contributed by atoms with Crippen LogP contribution < -0.4 is 5.14 Å². The number of carboxylic acids is 1. The second kappa shape index (κ2) is 8.30. The first-order valence-corrected chi connectivity index (χ1v) is 12.3. The number of aryl methyl sites for hydroxylation is 1. The SMILES string of the molecule is Cc1cccc2[nH]c(-c3cccc(C4CCC(Cl)CC4)c3S(N)(=O)=O)c(CC(=O)O)c12. The van der Waals surface area contributed by atoms with Crippen LogP contribution in [0.4, 0.5) is 0 Å². The van der Waals surface area contributed by atoms with Crippen LogP contribution in [-0.2, 0) is 21.2 Å². The fourth-order valence-corrected chi connectivity index (χ4v) is 6.11. The molecule has 1 aliphatic rings. The second-order valence-corrected chi connectivity index (χ2v) is 10.4. The maximum atomic E-state index is 12.8. The van der Waals surface area contributed by atoms with Crippen LogP contribution in [0.2, 0.25) is 0 Å². The summed E-state index contributed by atoms with van der Waals surface area (Å²) in [5, 5.41) is 16.2. The van der Waals surface area contributed by atoms with Gasteiger partial charge in [0.1, 0.15) is 0 Å². The molecule has 6 nitrogen and oxygen atoms in total. The van der Waals surface area contributed by atoms with Crippen molar-refractivity contribution in [3.63, 3.8) is 0 Å². The van der Waals surface area contributed by atoms with Gasteiger partial charge in [-0.05, 0) is 61.3 Å². The number of aromatic nitrogens is 1.